The van der Waals surface area contributed by atoms with Crippen molar-refractivity contribution >= 4 is 17.3 Å². The molecule has 3 nitrogen and oxygen atoms in total. The summed E-state index contributed by atoms with van der Waals surface area (Å²) in [5.74, 6) is -2.49. The molecule has 0 aliphatic heterocycles. The number of Topliss-reactive ketones (excluding diaryl/α,β-unsaturated/α-hetero) is 3. The van der Waals surface area contributed by atoms with Gasteiger partial charge in [0.25, 0.3) is 0 Å². The van der Waals surface area contributed by atoms with Crippen molar-refractivity contribution in [1.82, 2.24) is 0 Å². The normalized spacial score (nSPS) is 19.5. The maximum atomic E-state index is 12.3. The number of ketones is 3. The van der Waals surface area contributed by atoms with E-state index >= 15 is 0 Å². The first-order valence-corrected chi connectivity index (χ1v) is 7.21. The van der Waals surface area contributed by atoms with Crippen molar-refractivity contribution in [1.29, 1.82) is 0 Å². The van der Waals surface area contributed by atoms with Crippen molar-refractivity contribution < 1.29 is 15.8 Å². The smallest absolute Gasteiger partial charge is 0.201 e. The molecule has 0 amide bonds. The van der Waals surface area contributed by atoms with Gasteiger partial charge in [0.2, 0.25) is 5.78 Å². The summed E-state index contributed by atoms with van der Waals surface area (Å²) >= 11 is 0. The predicted octanol–water partition coefficient (Wildman–Crippen LogP) is 3.35. The van der Waals surface area contributed by atoms with E-state index in [9.17, 15) is 14.4 Å². The highest BCUT2D eigenvalue weighted by Crippen LogP contribution is 2.33. The van der Waals surface area contributed by atoms with E-state index in [2.05, 4.69) is 0 Å². The van der Waals surface area contributed by atoms with Crippen LogP contribution in [0.25, 0.3) is 0 Å². The first kappa shape index (κ1) is 14.4. The number of hydrogen-bond donors (Lipinski definition) is 0. The van der Waals surface area contributed by atoms with Crippen LogP contribution in [0.4, 0.5) is 0 Å². The SMILES string of the molecule is [2H][C@@](CCC)(CC(=O)C(C)(C)C)C(=O)C(=O)CC1CC1. The molecule has 108 valence electrons. The van der Waals surface area contributed by atoms with Crippen LogP contribution in [0.1, 0.15) is 67.6 Å². The Balaban J connectivity index is 2.80. The highest BCUT2D eigenvalue weighted by atomic mass is 16.2. The molecule has 0 aromatic heterocycles. The second-order valence-corrected chi connectivity index (χ2v) is 6.60. The van der Waals surface area contributed by atoms with Crippen LogP contribution in [0.15, 0.2) is 0 Å². The van der Waals surface area contributed by atoms with Crippen LogP contribution in [0.3, 0.4) is 0 Å². The van der Waals surface area contributed by atoms with Crippen LogP contribution in [-0.2, 0) is 14.4 Å². The standard InChI is InChI=1S/C16H26O3/c1-5-6-12(10-14(18)16(2,3)4)15(19)13(17)9-11-7-8-11/h11-12H,5-10H2,1-4H3/t12-/m1/s1/i12D. The van der Waals surface area contributed by atoms with E-state index in [1.807, 2.05) is 6.92 Å². The third-order valence-corrected chi connectivity index (χ3v) is 3.51. The maximum absolute atomic E-state index is 12.3. The van der Waals surface area contributed by atoms with E-state index in [-0.39, 0.29) is 25.0 Å². The van der Waals surface area contributed by atoms with E-state index in [1.165, 1.54) is 0 Å². The van der Waals surface area contributed by atoms with Gasteiger partial charge >= 0.3 is 0 Å². The van der Waals surface area contributed by atoms with Gasteiger partial charge in [0.05, 0.1) is 0 Å². The van der Waals surface area contributed by atoms with Crippen LogP contribution in [0.5, 0.6) is 0 Å². The van der Waals surface area contributed by atoms with Crippen LogP contribution < -0.4 is 0 Å². The van der Waals surface area contributed by atoms with E-state index in [0.29, 0.717) is 12.3 Å². The van der Waals surface area contributed by atoms with Crippen LogP contribution >= 0.6 is 0 Å². The molecule has 0 aromatic rings. The van der Waals surface area contributed by atoms with E-state index in [1.54, 1.807) is 20.8 Å². The van der Waals surface area contributed by atoms with Gasteiger partial charge in [-0.3, -0.25) is 14.4 Å². The Morgan fingerprint density at radius 1 is 1.26 bits per heavy atom. The van der Waals surface area contributed by atoms with E-state index in [4.69, 9.17) is 1.37 Å². The Hall–Kier alpha value is -0.990. The van der Waals surface area contributed by atoms with Crippen molar-refractivity contribution in [2.45, 2.75) is 66.2 Å². The van der Waals surface area contributed by atoms with Gasteiger partial charge in [0.15, 0.2) is 5.78 Å². The molecule has 0 radical (unpaired) electrons. The molecule has 0 aromatic carbocycles. The Bertz CT molecular complexity index is 404. The number of carbonyl (C=O) groups excluding carboxylic acids is 3. The molecule has 0 bridgehead atoms. The highest BCUT2D eigenvalue weighted by molar-refractivity contribution is 6.38. The first-order valence-electron chi connectivity index (χ1n) is 7.71. The van der Waals surface area contributed by atoms with E-state index < -0.39 is 22.9 Å². The van der Waals surface area contributed by atoms with Gasteiger partial charge in [0, 0.05) is 25.5 Å². The Morgan fingerprint density at radius 3 is 2.26 bits per heavy atom. The molecule has 3 heteroatoms. The number of carbonyl (C=O) groups is 3. The summed E-state index contributed by atoms with van der Waals surface area (Å²) < 4.78 is 8.34. The molecule has 0 unspecified atom stereocenters. The summed E-state index contributed by atoms with van der Waals surface area (Å²) in [5, 5.41) is 0. The van der Waals surface area contributed by atoms with Crippen LogP contribution in [0.2, 0.25) is 0 Å². The lowest BCUT2D eigenvalue weighted by Gasteiger charge is -2.20. The Morgan fingerprint density at radius 2 is 1.84 bits per heavy atom. The van der Waals surface area contributed by atoms with E-state index in [0.717, 1.165) is 12.8 Å². The Kier molecular flexibility index (Phi) is 4.89. The zero-order valence-corrected chi connectivity index (χ0v) is 12.5. The van der Waals surface area contributed by atoms with Gasteiger partial charge < -0.3 is 0 Å². The molecule has 1 saturated carbocycles. The molecule has 0 heterocycles. The zero-order valence-electron chi connectivity index (χ0n) is 13.5. The highest BCUT2D eigenvalue weighted by Gasteiger charge is 2.33. The minimum atomic E-state index is -1.56. The fourth-order valence-electron chi connectivity index (χ4n) is 1.92. The van der Waals surface area contributed by atoms with Gasteiger partial charge in [-0.25, -0.2) is 0 Å². The summed E-state index contributed by atoms with van der Waals surface area (Å²) in [6, 6.07) is 0. The van der Waals surface area contributed by atoms with Crippen molar-refractivity contribution in [3.8, 4) is 0 Å². The largest absolute Gasteiger partial charge is 0.299 e. The molecule has 1 fully saturated rings. The first-order chi connectivity index (χ1) is 9.10. The topological polar surface area (TPSA) is 51.2 Å². The van der Waals surface area contributed by atoms with Crippen molar-refractivity contribution in [3.05, 3.63) is 0 Å². The molecule has 19 heavy (non-hydrogen) atoms. The summed E-state index contributed by atoms with van der Waals surface area (Å²) in [6.45, 7) is 7.19. The monoisotopic (exact) mass is 267 g/mol. The van der Waals surface area contributed by atoms with Gasteiger partial charge in [-0.1, -0.05) is 34.1 Å². The van der Waals surface area contributed by atoms with Crippen molar-refractivity contribution in [2.24, 2.45) is 17.2 Å². The average molecular weight is 267 g/mol. The maximum Gasteiger partial charge on any atom is 0.201 e. The molecule has 0 spiro atoms. The molecule has 0 saturated heterocycles. The van der Waals surface area contributed by atoms with Gasteiger partial charge in [-0.15, -0.1) is 0 Å². The lowest BCUT2D eigenvalue weighted by Crippen LogP contribution is -2.30. The minimum absolute atomic E-state index is 0.131. The fraction of sp³-hybridized carbons (Fsp3) is 0.812. The number of hydrogen-bond acceptors (Lipinski definition) is 3. The van der Waals surface area contributed by atoms with Crippen LogP contribution in [0, 0.1) is 17.2 Å². The number of rotatable bonds is 8. The van der Waals surface area contributed by atoms with Crippen molar-refractivity contribution in [3.63, 3.8) is 0 Å². The minimum Gasteiger partial charge on any atom is -0.299 e. The fourth-order valence-corrected chi connectivity index (χ4v) is 1.92. The quantitative estimate of drug-likeness (QED) is 0.634. The molecule has 0 N–H and O–H groups in total. The molecule has 1 aliphatic rings. The van der Waals surface area contributed by atoms with Crippen LogP contribution in [-0.4, -0.2) is 17.3 Å². The predicted molar refractivity (Wildman–Crippen MR) is 74.8 cm³/mol. The lowest BCUT2D eigenvalue weighted by molar-refractivity contribution is -0.141. The summed E-state index contributed by atoms with van der Waals surface area (Å²) in [7, 11) is 0. The van der Waals surface area contributed by atoms with Gasteiger partial charge in [-0.2, -0.15) is 0 Å². The third-order valence-electron chi connectivity index (χ3n) is 3.51. The van der Waals surface area contributed by atoms with Crippen molar-refractivity contribution in [2.75, 3.05) is 0 Å². The molecule has 1 rings (SSSR count). The molecule has 1 aliphatic carbocycles. The summed E-state index contributed by atoms with van der Waals surface area (Å²) in [6.07, 6.45) is 2.98. The summed E-state index contributed by atoms with van der Waals surface area (Å²) in [4.78, 5) is 36.4. The average Bonchev–Trinajstić information content (AvgIpc) is 3.10. The lowest BCUT2D eigenvalue weighted by atomic mass is 9.81. The summed E-state index contributed by atoms with van der Waals surface area (Å²) in [5.41, 5.74) is -0.583. The van der Waals surface area contributed by atoms with Gasteiger partial charge in [-0.05, 0) is 25.2 Å². The zero-order chi connectivity index (χ0) is 15.6. The Labute approximate surface area is 117 Å². The second kappa shape index (κ2) is 6.44. The molecule has 1 atom stereocenters. The van der Waals surface area contributed by atoms with Gasteiger partial charge in [0.1, 0.15) is 5.78 Å². The third kappa shape index (κ3) is 5.25. The molecular weight excluding hydrogens is 240 g/mol. The molecular formula is C16H26O3. The second-order valence-electron chi connectivity index (χ2n) is 6.60.